The summed E-state index contributed by atoms with van der Waals surface area (Å²) in [5.41, 5.74) is 1.80. The Labute approximate surface area is 110 Å². The lowest BCUT2D eigenvalue weighted by Gasteiger charge is -2.14. The van der Waals surface area contributed by atoms with Crippen molar-refractivity contribution in [1.29, 1.82) is 0 Å². The summed E-state index contributed by atoms with van der Waals surface area (Å²) in [5.74, 6) is 0. The molecule has 0 unspecified atom stereocenters. The van der Waals surface area contributed by atoms with E-state index in [0.717, 1.165) is 36.3 Å². The zero-order valence-electron chi connectivity index (χ0n) is 10.7. The third-order valence-corrected chi connectivity index (χ3v) is 3.02. The molecule has 0 bridgehead atoms. The number of fused-ring (bicyclic) bond motifs is 1. The summed E-state index contributed by atoms with van der Waals surface area (Å²) in [6.45, 7) is 2.37. The molecule has 3 rings (SSSR count). The first-order valence-electron chi connectivity index (χ1n) is 6.19. The van der Waals surface area contributed by atoms with Crippen molar-refractivity contribution >= 4 is 11.0 Å². The maximum atomic E-state index is 5.29. The van der Waals surface area contributed by atoms with Crippen LogP contribution in [0.3, 0.4) is 0 Å². The number of likely N-dealkylation sites (N-methyl/N-ethyl adjacent to an activating group) is 1. The van der Waals surface area contributed by atoms with Crippen LogP contribution < -0.4 is 0 Å². The van der Waals surface area contributed by atoms with Crippen LogP contribution in [0.4, 0.5) is 0 Å². The predicted octanol–water partition coefficient (Wildman–Crippen LogP) is 1.55. The quantitative estimate of drug-likeness (QED) is 0.694. The maximum absolute atomic E-state index is 5.29. The van der Waals surface area contributed by atoms with Crippen molar-refractivity contribution < 1.29 is 4.52 Å². The summed E-state index contributed by atoms with van der Waals surface area (Å²) < 4.78 is 5.29. The minimum Gasteiger partial charge on any atom is -0.356 e. The van der Waals surface area contributed by atoms with Gasteiger partial charge in [-0.1, -0.05) is 17.3 Å². The zero-order chi connectivity index (χ0) is 13.1. The second-order valence-electron chi connectivity index (χ2n) is 4.49. The fraction of sp³-hybridized carbons (Fsp3) is 0.308. The standard InChI is InChI=1S/C13H15N5O/c1-17(8-9-18-14-6-7-15-18)10-12-11-4-2-3-5-13(11)19-16-12/h2-7H,8-10H2,1H3. The van der Waals surface area contributed by atoms with E-state index in [4.69, 9.17) is 4.52 Å². The predicted molar refractivity (Wildman–Crippen MR) is 70.4 cm³/mol. The van der Waals surface area contributed by atoms with Gasteiger partial charge in [-0.3, -0.25) is 4.90 Å². The van der Waals surface area contributed by atoms with Gasteiger partial charge in [0.15, 0.2) is 5.58 Å². The van der Waals surface area contributed by atoms with E-state index >= 15 is 0 Å². The molecule has 6 nitrogen and oxygen atoms in total. The molecule has 0 aliphatic heterocycles. The lowest BCUT2D eigenvalue weighted by Crippen LogP contribution is -2.24. The molecule has 0 saturated heterocycles. The molecule has 1 aromatic carbocycles. The lowest BCUT2D eigenvalue weighted by molar-refractivity contribution is 0.287. The van der Waals surface area contributed by atoms with Gasteiger partial charge in [-0.2, -0.15) is 15.0 Å². The molecular weight excluding hydrogens is 242 g/mol. The number of rotatable bonds is 5. The summed E-state index contributed by atoms with van der Waals surface area (Å²) in [7, 11) is 2.05. The van der Waals surface area contributed by atoms with Crippen molar-refractivity contribution in [2.45, 2.75) is 13.1 Å². The number of hydrogen-bond donors (Lipinski definition) is 0. The highest BCUT2D eigenvalue weighted by Gasteiger charge is 2.09. The number of aromatic nitrogens is 4. The smallest absolute Gasteiger partial charge is 0.167 e. The van der Waals surface area contributed by atoms with Crippen molar-refractivity contribution in [2.24, 2.45) is 0 Å². The van der Waals surface area contributed by atoms with Crippen molar-refractivity contribution in [2.75, 3.05) is 13.6 Å². The van der Waals surface area contributed by atoms with Crippen LogP contribution in [0.15, 0.2) is 41.2 Å². The Morgan fingerprint density at radius 2 is 2.00 bits per heavy atom. The van der Waals surface area contributed by atoms with E-state index in [1.165, 1.54) is 0 Å². The van der Waals surface area contributed by atoms with Gasteiger partial charge in [0.05, 0.1) is 18.9 Å². The number of nitrogens with zero attached hydrogens (tertiary/aromatic N) is 5. The molecule has 0 fully saturated rings. The van der Waals surface area contributed by atoms with Gasteiger partial charge < -0.3 is 4.52 Å². The van der Waals surface area contributed by atoms with Gasteiger partial charge >= 0.3 is 0 Å². The summed E-state index contributed by atoms with van der Waals surface area (Å²) in [6, 6.07) is 7.91. The molecule has 6 heteroatoms. The molecule has 19 heavy (non-hydrogen) atoms. The van der Waals surface area contributed by atoms with E-state index in [1.807, 2.05) is 31.3 Å². The SMILES string of the molecule is CN(CCn1nccn1)Cc1noc2ccccc12. The summed E-state index contributed by atoms with van der Waals surface area (Å²) in [6.07, 6.45) is 3.37. The Balaban J connectivity index is 1.64. The number of hydrogen-bond acceptors (Lipinski definition) is 5. The molecule has 98 valence electrons. The molecule has 0 amide bonds. The van der Waals surface area contributed by atoms with Gasteiger partial charge in [0.1, 0.15) is 5.69 Å². The summed E-state index contributed by atoms with van der Waals surface area (Å²) in [5, 5.41) is 13.4. The largest absolute Gasteiger partial charge is 0.356 e. The van der Waals surface area contributed by atoms with Gasteiger partial charge in [0, 0.05) is 18.5 Å². The minimum atomic E-state index is 0.748. The molecule has 2 heterocycles. The first kappa shape index (κ1) is 11.9. The Bertz CT molecular complexity index is 646. The number of benzene rings is 1. The van der Waals surface area contributed by atoms with Crippen molar-refractivity contribution in [1.82, 2.24) is 25.1 Å². The summed E-state index contributed by atoms with van der Waals surface area (Å²) in [4.78, 5) is 3.85. The third kappa shape index (κ3) is 2.63. The Hall–Kier alpha value is -2.21. The van der Waals surface area contributed by atoms with Crippen molar-refractivity contribution in [3.8, 4) is 0 Å². The fourth-order valence-corrected chi connectivity index (χ4v) is 2.01. The van der Waals surface area contributed by atoms with E-state index in [-0.39, 0.29) is 0 Å². The van der Waals surface area contributed by atoms with Gasteiger partial charge in [-0.15, -0.1) is 0 Å². The highest BCUT2D eigenvalue weighted by atomic mass is 16.5. The zero-order valence-corrected chi connectivity index (χ0v) is 10.7. The van der Waals surface area contributed by atoms with Crippen LogP contribution in [0.5, 0.6) is 0 Å². The van der Waals surface area contributed by atoms with Crippen molar-refractivity contribution in [3.05, 3.63) is 42.4 Å². The van der Waals surface area contributed by atoms with E-state index in [9.17, 15) is 0 Å². The average Bonchev–Trinajstić information content (AvgIpc) is 3.07. The fourth-order valence-electron chi connectivity index (χ4n) is 2.01. The average molecular weight is 257 g/mol. The normalized spacial score (nSPS) is 11.5. The van der Waals surface area contributed by atoms with E-state index in [0.29, 0.717) is 0 Å². The Morgan fingerprint density at radius 1 is 1.21 bits per heavy atom. The molecule has 0 saturated carbocycles. The van der Waals surface area contributed by atoms with Crippen LogP contribution in [-0.2, 0) is 13.1 Å². The second kappa shape index (κ2) is 5.19. The topological polar surface area (TPSA) is 60.0 Å². The van der Waals surface area contributed by atoms with Gasteiger partial charge in [-0.25, -0.2) is 0 Å². The highest BCUT2D eigenvalue weighted by Crippen LogP contribution is 2.18. The van der Waals surface area contributed by atoms with Gasteiger partial charge in [-0.05, 0) is 19.2 Å². The first-order valence-corrected chi connectivity index (χ1v) is 6.19. The molecule has 0 N–H and O–H groups in total. The molecule has 0 radical (unpaired) electrons. The van der Waals surface area contributed by atoms with Crippen LogP contribution in [0.1, 0.15) is 5.69 Å². The molecule has 3 aromatic rings. The van der Waals surface area contributed by atoms with Crippen LogP contribution >= 0.6 is 0 Å². The number of para-hydroxylation sites is 1. The summed E-state index contributed by atoms with van der Waals surface area (Å²) >= 11 is 0. The Morgan fingerprint density at radius 3 is 2.84 bits per heavy atom. The van der Waals surface area contributed by atoms with Crippen LogP contribution in [0.2, 0.25) is 0 Å². The third-order valence-electron chi connectivity index (χ3n) is 3.02. The molecule has 0 aliphatic rings. The van der Waals surface area contributed by atoms with Crippen LogP contribution in [-0.4, -0.2) is 38.6 Å². The maximum Gasteiger partial charge on any atom is 0.167 e. The molecule has 0 aliphatic carbocycles. The molecule has 2 aromatic heterocycles. The van der Waals surface area contributed by atoms with E-state index < -0.39 is 0 Å². The van der Waals surface area contributed by atoms with Crippen LogP contribution in [0.25, 0.3) is 11.0 Å². The van der Waals surface area contributed by atoms with E-state index in [2.05, 4.69) is 20.3 Å². The van der Waals surface area contributed by atoms with Crippen LogP contribution in [0, 0.1) is 0 Å². The molecule has 0 atom stereocenters. The van der Waals surface area contributed by atoms with Gasteiger partial charge in [0.25, 0.3) is 0 Å². The molecular formula is C13H15N5O. The molecule has 0 spiro atoms. The lowest BCUT2D eigenvalue weighted by atomic mass is 10.2. The highest BCUT2D eigenvalue weighted by molar-refractivity contribution is 5.79. The first-order chi connectivity index (χ1) is 9.33. The van der Waals surface area contributed by atoms with E-state index in [1.54, 1.807) is 17.2 Å². The monoisotopic (exact) mass is 257 g/mol. The van der Waals surface area contributed by atoms with Crippen molar-refractivity contribution in [3.63, 3.8) is 0 Å². The minimum absolute atomic E-state index is 0.748. The van der Waals surface area contributed by atoms with Gasteiger partial charge in [0.2, 0.25) is 0 Å². The second-order valence-corrected chi connectivity index (χ2v) is 4.49. The Kier molecular flexibility index (Phi) is 3.24.